The molecular weight excluding hydrogens is 152 g/mol. The Morgan fingerprint density at radius 3 is 2.00 bits per heavy atom. The van der Waals surface area contributed by atoms with Crippen molar-refractivity contribution in [2.75, 3.05) is 6.61 Å². The molecule has 0 aromatic carbocycles. The van der Waals surface area contributed by atoms with E-state index in [2.05, 4.69) is 6.92 Å². The van der Waals surface area contributed by atoms with E-state index in [0.717, 1.165) is 19.3 Å². The van der Waals surface area contributed by atoms with Crippen LogP contribution in [0.15, 0.2) is 0 Å². The van der Waals surface area contributed by atoms with E-state index in [1.807, 2.05) is 13.8 Å². The monoisotopic (exact) mass is 174 g/mol. The van der Waals surface area contributed by atoms with Gasteiger partial charge in [-0.3, -0.25) is 0 Å². The lowest BCUT2D eigenvalue weighted by atomic mass is 9.95. The number of hydrogen-bond donors (Lipinski definition) is 2. The number of hydrogen-bond acceptors (Lipinski definition) is 2. The maximum absolute atomic E-state index is 9.48. The number of aliphatic hydroxyl groups is 2. The quantitative estimate of drug-likeness (QED) is 0.644. The smallest absolute Gasteiger partial charge is 0.0563 e. The molecule has 0 radical (unpaired) electrons. The SMILES string of the molecule is CC(CCO)CCC(O)C(C)C. The van der Waals surface area contributed by atoms with Crippen molar-refractivity contribution in [3.63, 3.8) is 0 Å². The van der Waals surface area contributed by atoms with Gasteiger partial charge in [0.15, 0.2) is 0 Å². The van der Waals surface area contributed by atoms with Crippen LogP contribution < -0.4 is 0 Å². The molecule has 0 saturated carbocycles. The summed E-state index contributed by atoms with van der Waals surface area (Å²) in [7, 11) is 0. The Bertz CT molecular complexity index is 102. The molecule has 0 heterocycles. The summed E-state index contributed by atoms with van der Waals surface area (Å²) in [6.07, 6.45) is 2.55. The molecule has 2 N–H and O–H groups in total. The Kier molecular flexibility index (Phi) is 6.39. The third kappa shape index (κ3) is 5.56. The second-order valence-corrected chi connectivity index (χ2v) is 4.01. The average Bonchev–Trinajstić information content (AvgIpc) is 2.00. The molecule has 0 aliphatic rings. The number of rotatable bonds is 6. The highest BCUT2D eigenvalue weighted by Gasteiger charge is 2.10. The maximum Gasteiger partial charge on any atom is 0.0563 e. The van der Waals surface area contributed by atoms with Crippen LogP contribution >= 0.6 is 0 Å². The summed E-state index contributed by atoms with van der Waals surface area (Å²) in [5.41, 5.74) is 0. The Morgan fingerprint density at radius 2 is 1.58 bits per heavy atom. The van der Waals surface area contributed by atoms with Crippen LogP contribution in [-0.4, -0.2) is 22.9 Å². The molecule has 0 rings (SSSR count). The van der Waals surface area contributed by atoms with Crippen LogP contribution in [0, 0.1) is 11.8 Å². The lowest BCUT2D eigenvalue weighted by Gasteiger charge is -2.16. The summed E-state index contributed by atoms with van der Waals surface area (Å²) >= 11 is 0. The highest BCUT2D eigenvalue weighted by atomic mass is 16.3. The summed E-state index contributed by atoms with van der Waals surface area (Å²) in [5, 5.41) is 18.1. The Morgan fingerprint density at radius 1 is 1.00 bits per heavy atom. The van der Waals surface area contributed by atoms with Gasteiger partial charge in [-0.1, -0.05) is 20.8 Å². The van der Waals surface area contributed by atoms with Crippen molar-refractivity contribution >= 4 is 0 Å². The first-order valence-corrected chi connectivity index (χ1v) is 4.86. The third-order valence-electron chi connectivity index (χ3n) is 2.35. The first-order chi connectivity index (χ1) is 5.57. The van der Waals surface area contributed by atoms with E-state index in [0.29, 0.717) is 11.8 Å². The van der Waals surface area contributed by atoms with E-state index >= 15 is 0 Å². The zero-order valence-corrected chi connectivity index (χ0v) is 8.45. The average molecular weight is 174 g/mol. The van der Waals surface area contributed by atoms with Crippen molar-refractivity contribution in [3.8, 4) is 0 Å². The van der Waals surface area contributed by atoms with Crippen LogP contribution in [-0.2, 0) is 0 Å². The lowest BCUT2D eigenvalue weighted by molar-refractivity contribution is 0.107. The van der Waals surface area contributed by atoms with Gasteiger partial charge in [-0.05, 0) is 31.1 Å². The van der Waals surface area contributed by atoms with Crippen LogP contribution in [0.25, 0.3) is 0 Å². The van der Waals surface area contributed by atoms with Gasteiger partial charge in [-0.15, -0.1) is 0 Å². The molecule has 2 nitrogen and oxygen atoms in total. The van der Waals surface area contributed by atoms with Gasteiger partial charge >= 0.3 is 0 Å². The van der Waals surface area contributed by atoms with Gasteiger partial charge in [-0.2, -0.15) is 0 Å². The summed E-state index contributed by atoms with van der Waals surface area (Å²) < 4.78 is 0. The van der Waals surface area contributed by atoms with Crippen molar-refractivity contribution in [3.05, 3.63) is 0 Å². The minimum Gasteiger partial charge on any atom is -0.396 e. The number of aliphatic hydroxyl groups excluding tert-OH is 2. The molecule has 0 aromatic rings. The van der Waals surface area contributed by atoms with Gasteiger partial charge in [0.2, 0.25) is 0 Å². The molecule has 0 saturated heterocycles. The van der Waals surface area contributed by atoms with Crippen molar-refractivity contribution < 1.29 is 10.2 Å². The van der Waals surface area contributed by atoms with Crippen LogP contribution in [0.5, 0.6) is 0 Å². The topological polar surface area (TPSA) is 40.5 Å². The molecule has 74 valence electrons. The zero-order chi connectivity index (χ0) is 9.56. The normalized spacial score (nSPS) is 16.5. The molecule has 0 fully saturated rings. The van der Waals surface area contributed by atoms with Gasteiger partial charge in [0.25, 0.3) is 0 Å². The Hall–Kier alpha value is -0.0800. The zero-order valence-electron chi connectivity index (χ0n) is 8.45. The molecule has 0 spiro atoms. The van der Waals surface area contributed by atoms with Crippen LogP contribution in [0.2, 0.25) is 0 Å². The van der Waals surface area contributed by atoms with Crippen molar-refractivity contribution in [1.29, 1.82) is 0 Å². The summed E-state index contributed by atoms with van der Waals surface area (Å²) in [4.78, 5) is 0. The second-order valence-electron chi connectivity index (χ2n) is 4.01. The molecule has 0 amide bonds. The minimum atomic E-state index is -0.175. The van der Waals surface area contributed by atoms with Crippen LogP contribution in [0.1, 0.15) is 40.0 Å². The maximum atomic E-state index is 9.48. The summed E-state index contributed by atoms with van der Waals surface area (Å²) in [5.74, 6) is 0.884. The predicted molar refractivity (Wildman–Crippen MR) is 50.9 cm³/mol. The highest BCUT2D eigenvalue weighted by Crippen LogP contribution is 2.15. The van der Waals surface area contributed by atoms with E-state index < -0.39 is 0 Å². The van der Waals surface area contributed by atoms with Crippen molar-refractivity contribution in [1.82, 2.24) is 0 Å². The molecule has 0 bridgehead atoms. The molecular formula is C10H22O2. The molecule has 2 atom stereocenters. The van der Waals surface area contributed by atoms with E-state index in [9.17, 15) is 5.11 Å². The minimum absolute atomic E-state index is 0.175. The van der Waals surface area contributed by atoms with Gasteiger partial charge in [0.1, 0.15) is 0 Å². The predicted octanol–water partition coefficient (Wildman–Crippen LogP) is 1.80. The summed E-state index contributed by atoms with van der Waals surface area (Å²) in [6, 6.07) is 0. The third-order valence-corrected chi connectivity index (χ3v) is 2.35. The van der Waals surface area contributed by atoms with E-state index in [1.54, 1.807) is 0 Å². The second kappa shape index (κ2) is 6.44. The molecule has 2 heteroatoms. The first kappa shape index (κ1) is 11.9. The fourth-order valence-corrected chi connectivity index (χ4v) is 1.15. The van der Waals surface area contributed by atoms with E-state index in [1.165, 1.54) is 0 Å². The van der Waals surface area contributed by atoms with Crippen molar-refractivity contribution in [2.45, 2.75) is 46.1 Å². The van der Waals surface area contributed by atoms with Crippen molar-refractivity contribution in [2.24, 2.45) is 11.8 Å². The Balaban J connectivity index is 3.40. The van der Waals surface area contributed by atoms with E-state index in [4.69, 9.17) is 5.11 Å². The van der Waals surface area contributed by atoms with Crippen LogP contribution in [0.3, 0.4) is 0 Å². The highest BCUT2D eigenvalue weighted by molar-refractivity contribution is 4.62. The summed E-state index contributed by atoms with van der Waals surface area (Å²) in [6.45, 7) is 6.44. The lowest BCUT2D eigenvalue weighted by Crippen LogP contribution is -2.15. The van der Waals surface area contributed by atoms with E-state index in [-0.39, 0.29) is 12.7 Å². The molecule has 0 aliphatic heterocycles. The van der Waals surface area contributed by atoms with Gasteiger partial charge in [0.05, 0.1) is 6.10 Å². The molecule has 0 aliphatic carbocycles. The Labute approximate surface area is 75.6 Å². The molecule has 0 aromatic heterocycles. The van der Waals surface area contributed by atoms with Gasteiger partial charge < -0.3 is 10.2 Å². The van der Waals surface area contributed by atoms with Crippen LogP contribution in [0.4, 0.5) is 0 Å². The largest absolute Gasteiger partial charge is 0.396 e. The fourth-order valence-electron chi connectivity index (χ4n) is 1.15. The molecule has 12 heavy (non-hydrogen) atoms. The molecule has 2 unspecified atom stereocenters. The van der Waals surface area contributed by atoms with Gasteiger partial charge in [-0.25, -0.2) is 0 Å². The fraction of sp³-hybridized carbons (Fsp3) is 1.00. The van der Waals surface area contributed by atoms with Gasteiger partial charge in [0, 0.05) is 6.61 Å². The standard InChI is InChI=1S/C10H22O2/c1-8(2)10(12)5-4-9(3)6-7-11/h8-12H,4-7H2,1-3H3. The first-order valence-electron chi connectivity index (χ1n) is 4.86.